The van der Waals surface area contributed by atoms with E-state index < -0.39 is 6.04 Å². The lowest BCUT2D eigenvalue weighted by Gasteiger charge is -2.32. The summed E-state index contributed by atoms with van der Waals surface area (Å²) >= 11 is 1.05. The molecule has 9 nitrogen and oxygen atoms in total. The number of imide groups is 1. The highest BCUT2D eigenvalue weighted by Crippen LogP contribution is 2.34. The topological polar surface area (TPSA) is 108 Å². The molecule has 142 valence electrons. The van der Waals surface area contributed by atoms with Gasteiger partial charge in [0.15, 0.2) is 0 Å². The molecule has 0 spiro atoms. The second kappa shape index (κ2) is 6.76. The predicted molar refractivity (Wildman–Crippen MR) is 101 cm³/mol. The van der Waals surface area contributed by atoms with Crippen molar-refractivity contribution < 1.29 is 14.4 Å². The van der Waals surface area contributed by atoms with Crippen LogP contribution in [0.3, 0.4) is 0 Å². The van der Waals surface area contributed by atoms with Gasteiger partial charge in [0.05, 0.1) is 17.4 Å². The fourth-order valence-electron chi connectivity index (χ4n) is 3.61. The number of rotatable bonds is 3. The minimum Gasteiger partial charge on any atom is -0.336 e. The van der Waals surface area contributed by atoms with Crippen molar-refractivity contribution >= 4 is 46.4 Å². The first kappa shape index (κ1) is 17.7. The van der Waals surface area contributed by atoms with E-state index in [2.05, 4.69) is 19.4 Å². The van der Waals surface area contributed by atoms with E-state index in [1.807, 2.05) is 13.8 Å². The summed E-state index contributed by atoms with van der Waals surface area (Å²) in [5.74, 6) is -0.281. The lowest BCUT2D eigenvalue weighted by molar-refractivity contribution is -0.120. The van der Waals surface area contributed by atoms with Crippen molar-refractivity contribution in [1.29, 1.82) is 0 Å². The zero-order chi connectivity index (χ0) is 19.1. The SMILES string of the molecule is CC(C)NC(=O)NC1CCN2C(=O)N(c3cccc4nsnc34)C(=O)C2C1. The maximum absolute atomic E-state index is 13.0. The molecular weight excluding hydrogens is 368 g/mol. The number of carbonyl (C=O) groups is 3. The number of amides is 5. The summed E-state index contributed by atoms with van der Waals surface area (Å²) in [5, 5.41) is 5.68. The third-order valence-corrected chi connectivity index (χ3v) is 5.35. The van der Waals surface area contributed by atoms with Crippen LogP contribution in [-0.2, 0) is 4.79 Å². The average Bonchev–Trinajstić information content (AvgIpc) is 3.18. The van der Waals surface area contributed by atoms with E-state index in [9.17, 15) is 14.4 Å². The van der Waals surface area contributed by atoms with E-state index in [-0.39, 0.29) is 30.1 Å². The van der Waals surface area contributed by atoms with Crippen LogP contribution >= 0.6 is 11.7 Å². The average molecular weight is 388 g/mol. The molecule has 1 aromatic carbocycles. The molecule has 3 heterocycles. The number of aromatic nitrogens is 2. The van der Waals surface area contributed by atoms with Gasteiger partial charge in [0.1, 0.15) is 17.1 Å². The quantitative estimate of drug-likeness (QED) is 0.778. The zero-order valence-electron chi connectivity index (χ0n) is 15.0. The minimum atomic E-state index is -0.572. The molecule has 2 aliphatic heterocycles. The van der Waals surface area contributed by atoms with Crippen LogP contribution in [0.5, 0.6) is 0 Å². The first-order valence-corrected chi connectivity index (χ1v) is 9.61. The predicted octanol–water partition coefficient (Wildman–Crippen LogP) is 1.70. The summed E-state index contributed by atoms with van der Waals surface area (Å²) in [5.41, 5.74) is 1.68. The fraction of sp³-hybridized carbons (Fsp3) is 0.471. The summed E-state index contributed by atoms with van der Waals surface area (Å²) in [6, 6.07) is 3.99. The molecule has 0 aliphatic carbocycles. The second-order valence-corrected chi connectivity index (χ2v) is 7.60. The molecule has 0 saturated carbocycles. The van der Waals surface area contributed by atoms with Crippen molar-refractivity contribution in [3.05, 3.63) is 18.2 Å². The largest absolute Gasteiger partial charge is 0.336 e. The van der Waals surface area contributed by atoms with E-state index in [1.54, 1.807) is 23.1 Å². The van der Waals surface area contributed by atoms with Crippen molar-refractivity contribution in [2.75, 3.05) is 11.4 Å². The van der Waals surface area contributed by atoms with Crippen LogP contribution in [0.15, 0.2) is 18.2 Å². The van der Waals surface area contributed by atoms with Gasteiger partial charge in [-0.25, -0.2) is 14.5 Å². The first-order valence-electron chi connectivity index (χ1n) is 8.88. The number of fused-ring (bicyclic) bond motifs is 2. The van der Waals surface area contributed by atoms with Crippen LogP contribution in [0.4, 0.5) is 15.3 Å². The van der Waals surface area contributed by atoms with Gasteiger partial charge in [0, 0.05) is 18.6 Å². The summed E-state index contributed by atoms with van der Waals surface area (Å²) in [6.07, 6.45) is 1.01. The lowest BCUT2D eigenvalue weighted by Crippen LogP contribution is -2.52. The molecule has 2 unspecified atom stereocenters. The van der Waals surface area contributed by atoms with Crippen molar-refractivity contribution in [2.45, 2.75) is 44.8 Å². The van der Waals surface area contributed by atoms with Gasteiger partial charge in [-0.05, 0) is 38.8 Å². The Balaban J connectivity index is 1.55. The number of urea groups is 2. The standard InChI is InChI=1S/C17H20N6O3S/c1-9(2)18-16(25)19-10-6-7-22-13(8-10)15(24)23(17(22)26)12-5-3-4-11-14(12)21-27-20-11/h3-5,9-10,13H,6-8H2,1-2H3,(H2,18,19,25). The molecule has 5 amide bonds. The van der Waals surface area contributed by atoms with E-state index in [4.69, 9.17) is 0 Å². The lowest BCUT2D eigenvalue weighted by atomic mass is 9.98. The van der Waals surface area contributed by atoms with E-state index in [1.165, 1.54) is 4.90 Å². The van der Waals surface area contributed by atoms with Gasteiger partial charge < -0.3 is 15.5 Å². The third-order valence-electron chi connectivity index (χ3n) is 4.81. The Kier molecular flexibility index (Phi) is 4.42. The Bertz CT molecular complexity index is 913. The Morgan fingerprint density at radius 1 is 1.30 bits per heavy atom. The number of anilines is 1. The Labute approximate surface area is 160 Å². The fourth-order valence-corrected chi connectivity index (χ4v) is 4.16. The number of hydrogen-bond acceptors (Lipinski definition) is 6. The van der Waals surface area contributed by atoms with Crippen molar-refractivity contribution in [2.24, 2.45) is 0 Å². The van der Waals surface area contributed by atoms with Crippen LogP contribution in [-0.4, -0.2) is 56.3 Å². The number of carbonyl (C=O) groups excluding carboxylic acids is 3. The third kappa shape index (κ3) is 3.09. The monoisotopic (exact) mass is 388 g/mol. The Hall–Kier alpha value is -2.75. The number of nitrogens with zero attached hydrogens (tertiary/aromatic N) is 4. The Morgan fingerprint density at radius 3 is 2.89 bits per heavy atom. The van der Waals surface area contributed by atoms with Gasteiger partial charge in [-0.15, -0.1) is 0 Å². The van der Waals surface area contributed by atoms with Crippen LogP contribution < -0.4 is 15.5 Å². The molecule has 2 saturated heterocycles. The molecule has 0 bridgehead atoms. The molecule has 0 radical (unpaired) electrons. The van der Waals surface area contributed by atoms with Crippen molar-refractivity contribution in [3.63, 3.8) is 0 Å². The number of hydrogen-bond donors (Lipinski definition) is 2. The summed E-state index contributed by atoms with van der Waals surface area (Å²) in [7, 11) is 0. The maximum atomic E-state index is 13.0. The van der Waals surface area contributed by atoms with E-state index in [0.29, 0.717) is 36.1 Å². The second-order valence-electron chi connectivity index (χ2n) is 7.07. The maximum Gasteiger partial charge on any atom is 0.332 e. The van der Waals surface area contributed by atoms with Gasteiger partial charge in [-0.3, -0.25) is 4.79 Å². The smallest absolute Gasteiger partial charge is 0.332 e. The molecule has 2 aromatic rings. The van der Waals surface area contributed by atoms with Crippen LogP contribution in [0, 0.1) is 0 Å². The normalized spacial score (nSPS) is 22.5. The number of piperidine rings is 1. The number of benzene rings is 1. The van der Waals surface area contributed by atoms with Gasteiger partial charge in [-0.2, -0.15) is 8.75 Å². The highest BCUT2D eigenvalue weighted by Gasteiger charge is 2.49. The zero-order valence-corrected chi connectivity index (χ0v) is 15.8. The van der Waals surface area contributed by atoms with Crippen LogP contribution in [0.1, 0.15) is 26.7 Å². The summed E-state index contributed by atoms with van der Waals surface area (Å²) in [6.45, 7) is 4.18. The first-order chi connectivity index (χ1) is 13.0. The summed E-state index contributed by atoms with van der Waals surface area (Å²) in [4.78, 5) is 40.6. The minimum absolute atomic E-state index is 0.0301. The Morgan fingerprint density at radius 2 is 2.11 bits per heavy atom. The molecule has 1 aromatic heterocycles. The molecule has 2 fully saturated rings. The van der Waals surface area contributed by atoms with E-state index in [0.717, 1.165) is 11.7 Å². The van der Waals surface area contributed by atoms with Gasteiger partial charge in [-0.1, -0.05) is 6.07 Å². The number of nitrogens with one attached hydrogen (secondary N) is 2. The molecular formula is C17H20N6O3S. The van der Waals surface area contributed by atoms with Crippen molar-refractivity contribution in [3.8, 4) is 0 Å². The molecule has 2 atom stereocenters. The highest BCUT2D eigenvalue weighted by molar-refractivity contribution is 7.00. The molecule has 10 heteroatoms. The highest BCUT2D eigenvalue weighted by atomic mass is 32.1. The van der Waals surface area contributed by atoms with Gasteiger partial charge >= 0.3 is 12.1 Å². The summed E-state index contributed by atoms with van der Waals surface area (Å²) < 4.78 is 8.41. The van der Waals surface area contributed by atoms with Crippen LogP contribution in [0.25, 0.3) is 11.0 Å². The van der Waals surface area contributed by atoms with Gasteiger partial charge in [0.2, 0.25) is 0 Å². The van der Waals surface area contributed by atoms with E-state index >= 15 is 0 Å². The molecule has 4 rings (SSSR count). The molecule has 2 aliphatic rings. The van der Waals surface area contributed by atoms with Crippen LogP contribution in [0.2, 0.25) is 0 Å². The van der Waals surface area contributed by atoms with Gasteiger partial charge in [0.25, 0.3) is 5.91 Å². The molecule has 27 heavy (non-hydrogen) atoms. The van der Waals surface area contributed by atoms with Crippen molar-refractivity contribution in [1.82, 2.24) is 24.3 Å². The molecule has 2 N–H and O–H groups in total.